The molecular formula is C14H12Cl2N2O2. The SMILES string of the molecule is CN(Cc1ccccc1O)C(=O)c1cc(Cl)ncc1Cl. The zero-order valence-corrected chi connectivity index (χ0v) is 12.2. The third kappa shape index (κ3) is 3.21. The Hall–Kier alpha value is -1.78. The van der Waals surface area contributed by atoms with Crippen LogP contribution in [0.25, 0.3) is 0 Å². The van der Waals surface area contributed by atoms with Crippen molar-refractivity contribution in [3.8, 4) is 5.75 Å². The third-order valence-electron chi connectivity index (χ3n) is 2.80. The monoisotopic (exact) mass is 310 g/mol. The number of phenols is 1. The van der Waals surface area contributed by atoms with E-state index in [2.05, 4.69) is 4.98 Å². The van der Waals surface area contributed by atoms with Crippen LogP contribution in [0.5, 0.6) is 5.75 Å². The number of hydrogen-bond donors (Lipinski definition) is 1. The average Bonchev–Trinajstić information content (AvgIpc) is 2.43. The molecule has 0 radical (unpaired) electrons. The maximum absolute atomic E-state index is 12.3. The molecule has 1 aromatic carbocycles. The highest BCUT2D eigenvalue weighted by Gasteiger charge is 2.17. The van der Waals surface area contributed by atoms with Crippen LogP contribution in [0.15, 0.2) is 36.5 Å². The second kappa shape index (κ2) is 6.11. The van der Waals surface area contributed by atoms with Crippen LogP contribution in [0.2, 0.25) is 10.2 Å². The summed E-state index contributed by atoms with van der Waals surface area (Å²) in [5, 5.41) is 10.2. The van der Waals surface area contributed by atoms with Crippen molar-refractivity contribution in [2.24, 2.45) is 0 Å². The normalized spacial score (nSPS) is 10.3. The number of carbonyl (C=O) groups is 1. The minimum absolute atomic E-state index is 0.144. The molecule has 0 saturated heterocycles. The van der Waals surface area contributed by atoms with Crippen LogP contribution in [0.4, 0.5) is 0 Å². The molecule has 1 aromatic heterocycles. The summed E-state index contributed by atoms with van der Waals surface area (Å²) in [6, 6.07) is 8.27. The van der Waals surface area contributed by atoms with Gasteiger partial charge in [-0.05, 0) is 12.1 Å². The van der Waals surface area contributed by atoms with E-state index in [1.807, 2.05) is 0 Å². The van der Waals surface area contributed by atoms with Gasteiger partial charge in [-0.3, -0.25) is 4.79 Å². The Labute approximate surface area is 126 Å². The number of halogens is 2. The van der Waals surface area contributed by atoms with Crippen LogP contribution in [0, 0.1) is 0 Å². The third-order valence-corrected chi connectivity index (χ3v) is 3.31. The molecule has 1 heterocycles. The fourth-order valence-electron chi connectivity index (χ4n) is 1.75. The number of carbonyl (C=O) groups excluding carboxylic acids is 1. The number of aromatic nitrogens is 1. The first-order valence-electron chi connectivity index (χ1n) is 5.82. The lowest BCUT2D eigenvalue weighted by Crippen LogP contribution is -2.26. The quantitative estimate of drug-likeness (QED) is 0.884. The number of hydrogen-bond acceptors (Lipinski definition) is 3. The fraction of sp³-hybridized carbons (Fsp3) is 0.143. The number of amides is 1. The summed E-state index contributed by atoms with van der Waals surface area (Å²) < 4.78 is 0. The molecule has 0 saturated carbocycles. The summed E-state index contributed by atoms with van der Waals surface area (Å²) in [6.45, 7) is 0.266. The van der Waals surface area contributed by atoms with E-state index in [1.165, 1.54) is 17.2 Å². The average molecular weight is 311 g/mol. The van der Waals surface area contributed by atoms with Gasteiger partial charge in [-0.15, -0.1) is 0 Å². The van der Waals surface area contributed by atoms with E-state index in [-0.39, 0.29) is 33.9 Å². The Balaban J connectivity index is 2.21. The van der Waals surface area contributed by atoms with E-state index >= 15 is 0 Å². The Morgan fingerprint density at radius 1 is 1.35 bits per heavy atom. The largest absolute Gasteiger partial charge is 0.508 e. The smallest absolute Gasteiger partial charge is 0.255 e. The first-order valence-corrected chi connectivity index (χ1v) is 6.58. The number of aromatic hydroxyl groups is 1. The molecule has 0 aliphatic heterocycles. The molecular weight excluding hydrogens is 299 g/mol. The molecule has 0 unspecified atom stereocenters. The highest BCUT2D eigenvalue weighted by molar-refractivity contribution is 6.35. The number of phenolic OH excluding ortho intramolecular Hbond substituents is 1. The molecule has 6 heteroatoms. The van der Waals surface area contributed by atoms with Crippen LogP contribution >= 0.6 is 23.2 Å². The first kappa shape index (κ1) is 14.6. The summed E-state index contributed by atoms with van der Waals surface area (Å²) in [4.78, 5) is 17.6. The van der Waals surface area contributed by atoms with Crippen molar-refractivity contribution in [2.45, 2.75) is 6.54 Å². The van der Waals surface area contributed by atoms with Gasteiger partial charge in [0.25, 0.3) is 5.91 Å². The van der Waals surface area contributed by atoms with Gasteiger partial charge in [0, 0.05) is 25.4 Å². The predicted molar refractivity (Wildman–Crippen MR) is 78.2 cm³/mol. The van der Waals surface area contributed by atoms with Crippen LogP contribution in [-0.4, -0.2) is 27.9 Å². The van der Waals surface area contributed by atoms with Crippen LogP contribution in [-0.2, 0) is 6.54 Å². The van der Waals surface area contributed by atoms with Crippen molar-refractivity contribution < 1.29 is 9.90 Å². The van der Waals surface area contributed by atoms with Gasteiger partial charge >= 0.3 is 0 Å². The molecule has 0 spiro atoms. The molecule has 4 nitrogen and oxygen atoms in total. The molecule has 0 atom stereocenters. The van der Waals surface area contributed by atoms with Crippen molar-refractivity contribution in [3.63, 3.8) is 0 Å². The van der Waals surface area contributed by atoms with Crippen molar-refractivity contribution in [1.82, 2.24) is 9.88 Å². The summed E-state index contributed by atoms with van der Waals surface area (Å²) in [5.74, 6) is -0.145. The number of pyridine rings is 1. The van der Waals surface area contributed by atoms with Gasteiger partial charge < -0.3 is 10.0 Å². The minimum atomic E-state index is -0.289. The molecule has 0 aliphatic carbocycles. The Bertz CT molecular complexity index is 647. The van der Waals surface area contributed by atoms with E-state index in [1.54, 1.807) is 31.3 Å². The lowest BCUT2D eigenvalue weighted by molar-refractivity contribution is 0.0784. The number of para-hydroxylation sites is 1. The van der Waals surface area contributed by atoms with Gasteiger partial charge in [-0.1, -0.05) is 41.4 Å². The fourth-order valence-corrected chi connectivity index (χ4v) is 2.10. The minimum Gasteiger partial charge on any atom is -0.508 e. The van der Waals surface area contributed by atoms with Gasteiger partial charge in [-0.25, -0.2) is 4.98 Å². The molecule has 0 fully saturated rings. The van der Waals surface area contributed by atoms with Crippen LogP contribution in [0.3, 0.4) is 0 Å². The second-order valence-corrected chi connectivity index (χ2v) is 5.07. The van der Waals surface area contributed by atoms with Gasteiger partial charge in [0.1, 0.15) is 10.9 Å². The number of benzene rings is 1. The van der Waals surface area contributed by atoms with Gasteiger partial charge in [0.2, 0.25) is 0 Å². The predicted octanol–water partition coefficient (Wildman–Crippen LogP) is 3.37. The zero-order valence-electron chi connectivity index (χ0n) is 10.7. The molecule has 1 amide bonds. The Kier molecular flexibility index (Phi) is 4.47. The first-order chi connectivity index (χ1) is 9.49. The molecule has 20 heavy (non-hydrogen) atoms. The lowest BCUT2D eigenvalue weighted by atomic mass is 10.1. The maximum atomic E-state index is 12.3. The van der Waals surface area contributed by atoms with Crippen molar-refractivity contribution in [1.29, 1.82) is 0 Å². The molecule has 104 valence electrons. The van der Waals surface area contributed by atoms with Crippen LogP contribution in [0.1, 0.15) is 15.9 Å². The van der Waals surface area contributed by atoms with Crippen molar-refractivity contribution >= 4 is 29.1 Å². The Morgan fingerprint density at radius 2 is 2.05 bits per heavy atom. The summed E-state index contributed by atoms with van der Waals surface area (Å²) >= 11 is 11.7. The molecule has 0 aliphatic rings. The summed E-state index contributed by atoms with van der Waals surface area (Å²) in [7, 11) is 1.62. The van der Waals surface area contributed by atoms with E-state index in [0.29, 0.717) is 5.56 Å². The topological polar surface area (TPSA) is 53.4 Å². The molecule has 2 aromatic rings. The zero-order chi connectivity index (χ0) is 14.7. The standard InChI is InChI=1S/C14H12Cl2N2O2/c1-18(8-9-4-2-3-5-12(9)19)14(20)10-6-13(16)17-7-11(10)15/h2-7,19H,8H2,1H3. The van der Waals surface area contributed by atoms with E-state index in [9.17, 15) is 9.90 Å². The highest BCUT2D eigenvalue weighted by Crippen LogP contribution is 2.22. The maximum Gasteiger partial charge on any atom is 0.255 e. The van der Waals surface area contributed by atoms with E-state index in [4.69, 9.17) is 23.2 Å². The number of nitrogens with zero attached hydrogens (tertiary/aromatic N) is 2. The highest BCUT2D eigenvalue weighted by atomic mass is 35.5. The van der Waals surface area contributed by atoms with Gasteiger partial charge in [0.05, 0.1) is 10.6 Å². The lowest BCUT2D eigenvalue weighted by Gasteiger charge is -2.18. The Morgan fingerprint density at radius 3 is 2.75 bits per heavy atom. The molecule has 2 rings (SSSR count). The van der Waals surface area contributed by atoms with Crippen molar-refractivity contribution in [2.75, 3.05) is 7.05 Å². The van der Waals surface area contributed by atoms with E-state index < -0.39 is 0 Å². The van der Waals surface area contributed by atoms with Gasteiger partial charge in [0.15, 0.2) is 0 Å². The molecule has 1 N–H and O–H groups in total. The second-order valence-electron chi connectivity index (χ2n) is 4.28. The summed E-state index contributed by atoms with van der Waals surface area (Å²) in [6.07, 6.45) is 1.34. The molecule has 0 bridgehead atoms. The van der Waals surface area contributed by atoms with E-state index in [0.717, 1.165) is 0 Å². The number of rotatable bonds is 3. The van der Waals surface area contributed by atoms with Crippen LogP contribution < -0.4 is 0 Å². The summed E-state index contributed by atoms with van der Waals surface area (Å²) in [5.41, 5.74) is 0.934. The van der Waals surface area contributed by atoms with Gasteiger partial charge in [-0.2, -0.15) is 0 Å². The van der Waals surface area contributed by atoms with Crippen molar-refractivity contribution in [3.05, 3.63) is 57.8 Å².